The van der Waals surface area contributed by atoms with Crippen LogP contribution in [0.25, 0.3) is 0 Å². The second-order valence-corrected chi connectivity index (χ2v) is 3.71. The Hall–Kier alpha value is -0.865. The Bertz CT molecular complexity index is 351. The molecule has 0 aromatic heterocycles. The minimum Gasteiger partial charge on any atom is -0.423 e. The second kappa shape index (κ2) is 2.56. The molecule has 1 aromatic rings. The van der Waals surface area contributed by atoms with Crippen molar-refractivity contribution in [3.8, 4) is 0 Å². The molecular formula is C9H10BFO2. The molecule has 1 aliphatic heterocycles. The third-order valence-corrected chi connectivity index (χ3v) is 2.34. The first-order valence-electron chi connectivity index (χ1n) is 4.16. The van der Waals surface area contributed by atoms with Crippen molar-refractivity contribution < 1.29 is 14.1 Å². The highest BCUT2D eigenvalue weighted by Crippen LogP contribution is 2.29. The summed E-state index contributed by atoms with van der Waals surface area (Å²) in [6.45, 7) is 3.61. The molecular weight excluding hydrogens is 170 g/mol. The minimum absolute atomic E-state index is 0.301. The summed E-state index contributed by atoms with van der Waals surface area (Å²) in [6.07, 6.45) is 0. The van der Waals surface area contributed by atoms with Gasteiger partial charge in [0.15, 0.2) is 0 Å². The standard InChI is InChI=1S/C9H10BFO2/c1-9(2)7-5-6(11)3-4-8(7)10(12)13-9/h3-5,12H,1-2H3. The van der Waals surface area contributed by atoms with Gasteiger partial charge in [-0.15, -0.1) is 0 Å². The van der Waals surface area contributed by atoms with Gasteiger partial charge in [0.25, 0.3) is 0 Å². The van der Waals surface area contributed by atoms with Crippen molar-refractivity contribution in [2.24, 2.45) is 0 Å². The molecule has 0 saturated carbocycles. The van der Waals surface area contributed by atoms with Gasteiger partial charge in [-0.2, -0.15) is 0 Å². The number of hydrogen-bond donors (Lipinski definition) is 1. The van der Waals surface area contributed by atoms with Crippen LogP contribution in [0.2, 0.25) is 0 Å². The molecule has 68 valence electrons. The number of rotatable bonds is 0. The van der Waals surface area contributed by atoms with Crippen molar-refractivity contribution in [1.29, 1.82) is 0 Å². The van der Waals surface area contributed by atoms with E-state index in [0.29, 0.717) is 5.46 Å². The van der Waals surface area contributed by atoms with Crippen molar-refractivity contribution >= 4 is 12.6 Å². The zero-order chi connectivity index (χ0) is 9.64. The summed E-state index contributed by atoms with van der Waals surface area (Å²) < 4.78 is 18.2. The van der Waals surface area contributed by atoms with E-state index in [9.17, 15) is 9.41 Å². The summed E-state index contributed by atoms with van der Waals surface area (Å²) in [5.74, 6) is -0.301. The highest BCUT2D eigenvalue weighted by Gasteiger charge is 2.40. The van der Waals surface area contributed by atoms with Gasteiger partial charge < -0.3 is 9.68 Å². The number of benzene rings is 1. The van der Waals surface area contributed by atoms with Gasteiger partial charge in [0.05, 0.1) is 5.60 Å². The lowest BCUT2D eigenvalue weighted by Gasteiger charge is -2.19. The van der Waals surface area contributed by atoms with E-state index in [-0.39, 0.29) is 5.82 Å². The third kappa shape index (κ3) is 1.26. The Morgan fingerprint density at radius 3 is 2.85 bits per heavy atom. The monoisotopic (exact) mass is 180 g/mol. The molecule has 0 atom stereocenters. The Morgan fingerprint density at radius 2 is 2.15 bits per heavy atom. The van der Waals surface area contributed by atoms with E-state index in [1.54, 1.807) is 6.07 Å². The molecule has 2 nitrogen and oxygen atoms in total. The molecule has 0 aliphatic carbocycles. The first-order valence-corrected chi connectivity index (χ1v) is 4.16. The molecule has 1 aliphatic rings. The van der Waals surface area contributed by atoms with Gasteiger partial charge in [-0.25, -0.2) is 4.39 Å². The van der Waals surface area contributed by atoms with E-state index in [4.69, 9.17) is 4.65 Å². The minimum atomic E-state index is -0.925. The molecule has 0 fully saturated rings. The molecule has 0 spiro atoms. The fraction of sp³-hybridized carbons (Fsp3) is 0.333. The van der Waals surface area contributed by atoms with Gasteiger partial charge in [0, 0.05) is 0 Å². The summed E-state index contributed by atoms with van der Waals surface area (Å²) in [5.41, 5.74) is 0.781. The molecule has 0 amide bonds. The average Bonchev–Trinajstić information content (AvgIpc) is 2.23. The van der Waals surface area contributed by atoms with Gasteiger partial charge in [-0.3, -0.25) is 0 Å². The number of hydrogen-bond acceptors (Lipinski definition) is 2. The van der Waals surface area contributed by atoms with Crippen molar-refractivity contribution in [3.63, 3.8) is 0 Å². The van der Waals surface area contributed by atoms with Crippen LogP contribution in [0, 0.1) is 5.82 Å². The van der Waals surface area contributed by atoms with E-state index in [0.717, 1.165) is 5.56 Å². The maximum absolute atomic E-state index is 12.9. The fourth-order valence-electron chi connectivity index (χ4n) is 1.67. The van der Waals surface area contributed by atoms with Crippen LogP contribution in [0.5, 0.6) is 0 Å². The maximum Gasteiger partial charge on any atom is 0.492 e. The van der Waals surface area contributed by atoms with Crippen molar-refractivity contribution in [1.82, 2.24) is 0 Å². The van der Waals surface area contributed by atoms with Gasteiger partial charge >= 0.3 is 7.12 Å². The topological polar surface area (TPSA) is 29.5 Å². The number of halogens is 1. The smallest absolute Gasteiger partial charge is 0.423 e. The summed E-state index contributed by atoms with van der Waals surface area (Å²) in [7, 11) is -0.925. The highest BCUT2D eigenvalue weighted by atomic mass is 19.1. The van der Waals surface area contributed by atoms with Crippen LogP contribution in [0.4, 0.5) is 4.39 Å². The van der Waals surface area contributed by atoms with Crippen LogP contribution in [0.3, 0.4) is 0 Å². The van der Waals surface area contributed by atoms with E-state index in [1.807, 2.05) is 13.8 Å². The molecule has 13 heavy (non-hydrogen) atoms. The lowest BCUT2D eigenvalue weighted by Crippen LogP contribution is -2.28. The molecule has 1 N–H and O–H groups in total. The predicted octanol–water partition coefficient (Wildman–Crippen LogP) is 0.779. The SMILES string of the molecule is CC1(C)OB(O)c2ccc(F)cc21. The fourth-order valence-corrected chi connectivity index (χ4v) is 1.67. The molecule has 4 heteroatoms. The zero-order valence-corrected chi connectivity index (χ0v) is 7.54. The van der Waals surface area contributed by atoms with E-state index in [1.165, 1.54) is 12.1 Å². The van der Waals surface area contributed by atoms with Crippen molar-refractivity contribution in [3.05, 3.63) is 29.6 Å². The van der Waals surface area contributed by atoms with Crippen LogP contribution in [0.1, 0.15) is 19.4 Å². The Kier molecular flexibility index (Phi) is 1.72. The Balaban J connectivity index is 2.60. The highest BCUT2D eigenvalue weighted by molar-refractivity contribution is 6.61. The molecule has 1 aromatic carbocycles. The second-order valence-electron chi connectivity index (χ2n) is 3.71. The molecule has 0 unspecified atom stereocenters. The summed E-state index contributed by atoms with van der Waals surface area (Å²) in [6, 6.07) is 4.29. The van der Waals surface area contributed by atoms with Crippen LogP contribution >= 0.6 is 0 Å². The Morgan fingerprint density at radius 1 is 1.46 bits per heavy atom. The van der Waals surface area contributed by atoms with Crippen LogP contribution < -0.4 is 5.46 Å². The molecule has 1 heterocycles. The predicted molar refractivity (Wildman–Crippen MR) is 48.1 cm³/mol. The van der Waals surface area contributed by atoms with Crippen LogP contribution in [-0.4, -0.2) is 12.1 Å². The van der Waals surface area contributed by atoms with E-state index < -0.39 is 12.7 Å². The first-order chi connectivity index (χ1) is 6.00. The number of fused-ring (bicyclic) bond motifs is 1. The zero-order valence-electron chi connectivity index (χ0n) is 7.54. The quantitative estimate of drug-likeness (QED) is 0.597. The van der Waals surface area contributed by atoms with E-state index >= 15 is 0 Å². The van der Waals surface area contributed by atoms with Gasteiger partial charge in [-0.1, -0.05) is 6.07 Å². The first kappa shape index (κ1) is 8.72. The van der Waals surface area contributed by atoms with Gasteiger partial charge in [0.2, 0.25) is 0 Å². The largest absolute Gasteiger partial charge is 0.492 e. The van der Waals surface area contributed by atoms with E-state index in [2.05, 4.69) is 0 Å². The molecule has 2 rings (SSSR count). The van der Waals surface area contributed by atoms with Gasteiger partial charge in [-0.05, 0) is 37.0 Å². The van der Waals surface area contributed by atoms with Crippen LogP contribution in [-0.2, 0) is 10.3 Å². The third-order valence-electron chi connectivity index (χ3n) is 2.34. The summed E-state index contributed by atoms with van der Waals surface area (Å²) in [5, 5.41) is 9.46. The van der Waals surface area contributed by atoms with Crippen molar-refractivity contribution in [2.45, 2.75) is 19.4 Å². The summed E-state index contributed by atoms with van der Waals surface area (Å²) >= 11 is 0. The Labute approximate surface area is 76.5 Å². The average molecular weight is 180 g/mol. The molecule has 0 saturated heterocycles. The normalized spacial score (nSPS) is 18.9. The van der Waals surface area contributed by atoms with Gasteiger partial charge in [0.1, 0.15) is 5.82 Å². The molecule has 0 radical (unpaired) electrons. The van der Waals surface area contributed by atoms with Crippen LogP contribution in [0.15, 0.2) is 18.2 Å². The van der Waals surface area contributed by atoms with Crippen molar-refractivity contribution in [2.75, 3.05) is 0 Å². The summed E-state index contributed by atoms with van der Waals surface area (Å²) in [4.78, 5) is 0. The molecule has 0 bridgehead atoms. The maximum atomic E-state index is 12.9. The lowest BCUT2D eigenvalue weighted by atomic mass is 9.78. The lowest BCUT2D eigenvalue weighted by molar-refractivity contribution is 0.100.